The first-order valence-electron chi connectivity index (χ1n) is 13.7. The molecule has 0 aliphatic carbocycles. The third-order valence-electron chi connectivity index (χ3n) is 7.10. The fraction of sp³-hybridized carbons (Fsp3) is 0.333. The Morgan fingerprint density at radius 1 is 0.925 bits per heavy atom. The van der Waals surface area contributed by atoms with Gasteiger partial charge in [0.1, 0.15) is 5.75 Å². The van der Waals surface area contributed by atoms with Crippen LogP contribution >= 0.6 is 0 Å². The number of nitrogens with zero attached hydrogens (tertiary/aromatic N) is 2. The summed E-state index contributed by atoms with van der Waals surface area (Å²) in [4.78, 5) is 20.1. The molecule has 1 amide bonds. The highest BCUT2D eigenvalue weighted by Crippen LogP contribution is 2.30. The van der Waals surface area contributed by atoms with Gasteiger partial charge in [-0.1, -0.05) is 31.2 Å². The van der Waals surface area contributed by atoms with Crippen LogP contribution in [0.5, 0.6) is 17.2 Å². The minimum Gasteiger partial charge on any atom is -0.497 e. The van der Waals surface area contributed by atoms with E-state index in [2.05, 4.69) is 24.1 Å². The van der Waals surface area contributed by atoms with Gasteiger partial charge >= 0.3 is 0 Å². The lowest BCUT2D eigenvalue weighted by atomic mass is 10.1. The van der Waals surface area contributed by atoms with Crippen molar-refractivity contribution in [3.8, 4) is 17.2 Å². The van der Waals surface area contributed by atoms with Crippen molar-refractivity contribution in [2.24, 2.45) is 0 Å². The molecule has 210 valence electrons. The third-order valence-corrected chi connectivity index (χ3v) is 7.10. The number of aromatic nitrogens is 1. The van der Waals surface area contributed by atoms with Crippen molar-refractivity contribution in [2.45, 2.75) is 45.7 Å². The van der Waals surface area contributed by atoms with Crippen LogP contribution in [0.4, 0.5) is 5.69 Å². The highest BCUT2D eigenvalue weighted by molar-refractivity contribution is 5.94. The molecule has 0 fully saturated rings. The molecule has 0 aliphatic rings. The number of anilines is 1. The third kappa shape index (κ3) is 7.03. The maximum Gasteiger partial charge on any atom is 0.254 e. The van der Waals surface area contributed by atoms with Crippen LogP contribution in [0.15, 0.2) is 72.9 Å². The highest BCUT2D eigenvalue weighted by Gasteiger charge is 2.18. The maximum atomic E-state index is 13.6. The predicted molar refractivity (Wildman–Crippen MR) is 161 cm³/mol. The molecule has 1 N–H and O–H groups in total. The van der Waals surface area contributed by atoms with Gasteiger partial charge in [0, 0.05) is 42.3 Å². The van der Waals surface area contributed by atoms with Gasteiger partial charge in [-0.05, 0) is 73.7 Å². The normalized spacial score (nSPS) is 11.6. The van der Waals surface area contributed by atoms with Crippen LogP contribution in [0, 0.1) is 0 Å². The summed E-state index contributed by atoms with van der Waals surface area (Å²) >= 11 is 0. The summed E-state index contributed by atoms with van der Waals surface area (Å²) in [6.07, 6.45) is 4.44. The van der Waals surface area contributed by atoms with Crippen LogP contribution in [0.2, 0.25) is 0 Å². The van der Waals surface area contributed by atoms with Crippen LogP contribution < -0.4 is 19.5 Å². The van der Waals surface area contributed by atoms with Crippen LogP contribution in [-0.2, 0) is 13.0 Å². The van der Waals surface area contributed by atoms with E-state index in [4.69, 9.17) is 14.2 Å². The number of benzene rings is 3. The van der Waals surface area contributed by atoms with Crippen molar-refractivity contribution >= 4 is 22.5 Å². The van der Waals surface area contributed by atoms with Gasteiger partial charge in [0.05, 0.1) is 32.5 Å². The summed E-state index contributed by atoms with van der Waals surface area (Å²) < 4.78 is 16.4. The maximum absolute atomic E-state index is 13.6. The topological polar surface area (TPSA) is 72.9 Å². The summed E-state index contributed by atoms with van der Waals surface area (Å²) in [6.45, 7) is 5.35. The minimum atomic E-state index is 0.0149. The largest absolute Gasteiger partial charge is 0.497 e. The predicted octanol–water partition coefficient (Wildman–Crippen LogP) is 6.75. The Morgan fingerprint density at radius 2 is 1.68 bits per heavy atom. The minimum absolute atomic E-state index is 0.0149. The smallest absolute Gasteiger partial charge is 0.254 e. The Morgan fingerprint density at radius 3 is 2.38 bits per heavy atom. The quantitative estimate of drug-likeness (QED) is 0.202. The summed E-state index contributed by atoms with van der Waals surface area (Å²) in [5.41, 5.74) is 4.74. The zero-order valence-corrected chi connectivity index (χ0v) is 24.1. The van der Waals surface area contributed by atoms with E-state index in [9.17, 15) is 4.79 Å². The van der Waals surface area contributed by atoms with Gasteiger partial charge in [-0.2, -0.15) is 0 Å². The van der Waals surface area contributed by atoms with Crippen molar-refractivity contribution in [2.75, 3.05) is 33.2 Å². The molecule has 0 saturated carbocycles. The van der Waals surface area contributed by atoms with Crippen LogP contribution in [-0.4, -0.2) is 49.7 Å². The number of nitrogens with one attached hydrogen (secondary N) is 1. The molecule has 1 unspecified atom stereocenters. The first kappa shape index (κ1) is 28.7. The number of amides is 1. The van der Waals surface area contributed by atoms with E-state index in [1.54, 1.807) is 27.5 Å². The molecule has 4 aromatic rings. The van der Waals surface area contributed by atoms with Crippen molar-refractivity contribution in [1.29, 1.82) is 0 Å². The number of aryl methyl sites for hydroxylation is 1. The highest BCUT2D eigenvalue weighted by atomic mass is 16.5. The Hall–Kier alpha value is -4.26. The molecule has 0 bridgehead atoms. The second-order valence-corrected chi connectivity index (χ2v) is 9.90. The van der Waals surface area contributed by atoms with Gasteiger partial charge in [0.25, 0.3) is 5.91 Å². The second kappa shape index (κ2) is 13.7. The number of pyridine rings is 1. The van der Waals surface area contributed by atoms with E-state index in [1.165, 1.54) is 5.56 Å². The van der Waals surface area contributed by atoms with Gasteiger partial charge in [-0.3, -0.25) is 9.78 Å². The molecule has 7 nitrogen and oxygen atoms in total. The molecular weight excluding hydrogens is 502 g/mol. The molecular formula is C33H39N3O4. The zero-order chi connectivity index (χ0) is 28.5. The summed E-state index contributed by atoms with van der Waals surface area (Å²) in [6, 6.07) is 21.8. The number of ether oxygens (including phenoxy) is 3. The molecule has 3 aromatic carbocycles. The van der Waals surface area contributed by atoms with Crippen LogP contribution in [0.1, 0.15) is 48.2 Å². The Labute approximate surface area is 237 Å². The monoisotopic (exact) mass is 541 g/mol. The number of carbonyl (C=O) groups is 1. The number of hydrogen-bond acceptors (Lipinski definition) is 6. The van der Waals surface area contributed by atoms with Gasteiger partial charge in [-0.15, -0.1) is 0 Å². The van der Waals surface area contributed by atoms with E-state index in [0.717, 1.165) is 47.2 Å². The van der Waals surface area contributed by atoms with E-state index in [-0.39, 0.29) is 11.9 Å². The number of fused-ring (bicyclic) bond motifs is 1. The fourth-order valence-corrected chi connectivity index (χ4v) is 4.84. The zero-order valence-electron chi connectivity index (χ0n) is 24.1. The van der Waals surface area contributed by atoms with E-state index < -0.39 is 0 Å². The lowest BCUT2D eigenvalue weighted by Gasteiger charge is -2.25. The van der Waals surface area contributed by atoms with Gasteiger partial charge < -0.3 is 24.4 Å². The molecule has 4 rings (SSSR count). The Bertz CT molecular complexity index is 1420. The number of rotatable bonds is 13. The van der Waals surface area contributed by atoms with Gasteiger partial charge in [-0.25, -0.2) is 0 Å². The molecule has 1 heterocycles. The van der Waals surface area contributed by atoms with Crippen molar-refractivity contribution < 1.29 is 19.0 Å². The van der Waals surface area contributed by atoms with E-state index in [0.29, 0.717) is 30.2 Å². The second-order valence-electron chi connectivity index (χ2n) is 9.90. The van der Waals surface area contributed by atoms with E-state index in [1.807, 2.05) is 71.6 Å². The number of carbonyl (C=O) groups excluding carboxylic acids is 1. The average Bonchev–Trinajstić information content (AvgIpc) is 3.00. The van der Waals surface area contributed by atoms with Crippen LogP contribution in [0.25, 0.3) is 10.9 Å². The summed E-state index contributed by atoms with van der Waals surface area (Å²) in [7, 11) is 4.91. The van der Waals surface area contributed by atoms with Crippen LogP contribution in [0.3, 0.4) is 0 Å². The van der Waals surface area contributed by atoms with E-state index >= 15 is 0 Å². The summed E-state index contributed by atoms with van der Waals surface area (Å²) in [5.74, 6) is 2.12. The van der Waals surface area contributed by atoms with Crippen molar-refractivity contribution in [3.63, 3.8) is 0 Å². The lowest BCUT2D eigenvalue weighted by molar-refractivity contribution is 0.0739. The van der Waals surface area contributed by atoms with Crippen molar-refractivity contribution in [3.05, 3.63) is 89.6 Å². The Balaban J connectivity index is 1.48. The SMILES string of the molecule is CCc1ccc(C(=O)N(CCCC(C)Nc2cc(OC)cc3cccnc23)Cc2ccc(OC)c(OC)c2)cc1. The van der Waals surface area contributed by atoms with Gasteiger partial charge in [0.15, 0.2) is 11.5 Å². The molecule has 0 saturated heterocycles. The van der Waals surface area contributed by atoms with Gasteiger partial charge in [0.2, 0.25) is 0 Å². The molecule has 7 heteroatoms. The molecule has 40 heavy (non-hydrogen) atoms. The average molecular weight is 542 g/mol. The molecule has 0 radical (unpaired) electrons. The first-order valence-corrected chi connectivity index (χ1v) is 13.7. The number of methoxy groups -OCH3 is 3. The first-order chi connectivity index (χ1) is 19.4. The van der Waals surface area contributed by atoms with Crippen molar-refractivity contribution in [1.82, 2.24) is 9.88 Å². The fourth-order valence-electron chi connectivity index (χ4n) is 4.84. The molecule has 1 aromatic heterocycles. The molecule has 0 aliphatic heterocycles. The number of hydrogen-bond donors (Lipinski definition) is 1. The molecule has 1 atom stereocenters. The molecule has 0 spiro atoms. The lowest BCUT2D eigenvalue weighted by Crippen LogP contribution is -2.32. The summed E-state index contributed by atoms with van der Waals surface area (Å²) in [5, 5.41) is 4.63. The Kier molecular flexibility index (Phi) is 9.84. The standard InChI is InChI=1S/C33H39N3O4/c1-6-24-11-14-26(15-12-24)33(37)36(22-25-13-16-30(39-4)31(19-25)40-5)18-8-9-23(2)35-29-21-28(38-3)20-27-10-7-17-34-32(27)29/h7,10-17,19-21,23,35H,6,8-9,18,22H2,1-5H3.